The van der Waals surface area contributed by atoms with Crippen LogP contribution in [0.3, 0.4) is 0 Å². The van der Waals surface area contributed by atoms with Gasteiger partial charge in [0.2, 0.25) is 0 Å². The summed E-state index contributed by atoms with van der Waals surface area (Å²) in [6.45, 7) is 3.41. The zero-order valence-electron chi connectivity index (χ0n) is 13.9. The molecule has 0 saturated heterocycles. The maximum atomic E-state index is 13.8. The van der Waals surface area contributed by atoms with Crippen LogP contribution in [0.2, 0.25) is 0 Å². The first-order valence-electron chi connectivity index (χ1n) is 7.55. The van der Waals surface area contributed by atoms with E-state index in [1.807, 2.05) is 0 Å². The molecule has 1 aromatic carbocycles. The van der Waals surface area contributed by atoms with Gasteiger partial charge in [0.05, 0.1) is 35.2 Å². The van der Waals surface area contributed by atoms with E-state index in [0.717, 1.165) is 5.56 Å². The molecule has 2 heterocycles. The average Bonchev–Trinajstić information content (AvgIpc) is 3.19. The minimum absolute atomic E-state index is 0.0244. The molecule has 3 aromatic rings. The summed E-state index contributed by atoms with van der Waals surface area (Å²) in [7, 11) is 0. The van der Waals surface area contributed by atoms with Crippen LogP contribution in [-0.2, 0) is 6.54 Å². The minimum atomic E-state index is -0.650. The van der Waals surface area contributed by atoms with E-state index >= 15 is 0 Å². The number of nitro groups is 1. The topological polar surface area (TPSA) is 116 Å². The molecule has 0 aliphatic heterocycles. The third kappa shape index (κ3) is 3.43. The Labute approximate surface area is 146 Å². The highest BCUT2D eigenvalue weighted by Crippen LogP contribution is 2.20. The molecule has 0 unspecified atom stereocenters. The number of amides is 1. The zero-order chi connectivity index (χ0) is 18.8. The Balaban J connectivity index is 1.85. The number of rotatable bonds is 5. The van der Waals surface area contributed by atoms with Crippen LogP contribution in [0.15, 0.2) is 35.0 Å². The van der Waals surface area contributed by atoms with Crippen LogP contribution >= 0.6 is 0 Å². The van der Waals surface area contributed by atoms with Gasteiger partial charge < -0.3 is 20.0 Å². The SMILES string of the molecule is Cc1ccc(F)c(NC(=O)c2noc(C)c2Cn2ccc([N+](=O)[O-])n2)c1. The van der Waals surface area contributed by atoms with E-state index < -0.39 is 16.6 Å². The van der Waals surface area contributed by atoms with Crippen LogP contribution in [0.25, 0.3) is 0 Å². The van der Waals surface area contributed by atoms with E-state index in [4.69, 9.17) is 4.52 Å². The molecule has 2 aromatic heterocycles. The van der Waals surface area contributed by atoms with Gasteiger partial charge in [-0.25, -0.2) is 4.39 Å². The molecule has 1 N–H and O–H groups in total. The lowest BCUT2D eigenvalue weighted by Gasteiger charge is -2.06. The van der Waals surface area contributed by atoms with Crippen molar-refractivity contribution in [1.82, 2.24) is 14.9 Å². The Morgan fingerprint density at radius 3 is 2.85 bits per heavy atom. The molecule has 10 heteroatoms. The summed E-state index contributed by atoms with van der Waals surface area (Å²) in [4.78, 5) is 22.6. The molecular weight excluding hydrogens is 345 g/mol. The van der Waals surface area contributed by atoms with E-state index in [1.165, 1.54) is 29.1 Å². The number of nitrogens with zero attached hydrogens (tertiary/aromatic N) is 4. The standard InChI is InChI=1S/C16H14FN5O4/c1-9-3-4-12(17)13(7-9)18-16(23)15-11(10(2)26-20-15)8-21-6-5-14(19-21)22(24)25/h3-7H,8H2,1-2H3,(H,18,23). The number of carbonyl (C=O) groups excluding carboxylic acids is 1. The third-order valence-corrected chi connectivity index (χ3v) is 3.70. The number of nitrogens with one attached hydrogen (secondary N) is 1. The molecule has 134 valence electrons. The van der Waals surface area contributed by atoms with E-state index in [9.17, 15) is 19.3 Å². The molecule has 0 aliphatic carbocycles. The number of halogens is 1. The molecule has 3 rings (SSSR count). The Bertz CT molecular complexity index is 994. The predicted molar refractivity (Wildman–Crippen MR) is 88.3 cm³/mol. The number of carbonyl (C=O) groups is 1. The lowest BCUT2D eigenvalue weighted by Crippen LogP contribution is -2.17. The van der Waals surface area contributed by atoms with Gasteiger partial charge in [0.25, 0.3) is 5.91 Å². The van der Waals surface area contributed by atoms with E-state index in [2.05, 4.69) is 15.6 Å². The zero-order valence-corrected chi connectivity index (χ0v) is 13.9. The number of aromatic nitrogens is 3. The maximum absolute atomic E-state index is 13.8. The minimum Gasteiger partial charge on any atom is -0.361 e. The first-order valence-corrected chi connectivity index (χ1v) is 7.55. The molecular formula is C16H14FN5O4. The van der Waals surface area contributed by atoms with Gasteiger partial charge in [-0.05, 0) is 36.5 Å². The van der Waals surface area contributed by atoms with Crippen LogP contribution in [0, 0.1) is 29.8 Å². The van der Waals surface area contributed by atoms with Gasteiger partial charge in [-0.3, -0.25) is 4.79 Å². The van der Waals surface area contributed by atoms with Crippen LogP contribution < -0.4 is 5.32 Å². The lowest BCUT2D eigenvalue weighted by molar-refractivity contribution is -0.389. The van der Waals surface area contributed by atoms with Gasteiger partial charge in [-0.1, -0.05) is 11.2 Å². The van der Waals surface area contributed by atoms with Crippen molar-refractivity contribution in [3.05, 3.63) is 69.0 Å². The van der Waals surface area contributed by atoms with Crippen LogP contribution in [0.1, 0.15) is 27.4 Å². The van der Waals surface area contributed by atoms with Crippen molar-refractivity contribution in [3.8, 4) is 0 Å². The molecule has 0 bridgehead atoms. The molecule has 0 spiro atoms. The van der Waals surface area contributed by atoms with Crippen molar-refractivity contribution >= 4 is 17.4 Å². The quantitative estimate of drug-likeness (QED) is 0.553. The lowest BCUT2D eigenvalue weighted by atomic mass is 10.1. The van der Waals surface area contributed by atoms with Crippen LogP contribution in [0.4, 0.5) is 15.9 Å². The smallest absolute Gasteiger partial charge is 0.361 e. The number of aryl methyl sites for hydroxylation is 2. The van der Waals surface area contributed by atoms with E-state index in [0.29, 0.717) is 11.3 Å². The molecule has 0 saturated carbocycles. The summed E-state index contributed by atoms with van der Waals surface area (Å²) in [5.41, 5.74) is 1.16. The van der Waals surface area contributed by atoms with Gasteiger partial charge >= 0.3 is 5.82 Å². The Kier molecular flexibility index (Phi) is 4.48. The predicted octanol–water partition coefficient (Wildman–Crippen LogP) is 2.84. The number of hydrogen-bond acceptors (Lipinski definition) is 6. The fourth-order valence-corrected chi connectivity index (χ4v) is 2.37. The molecule has 9 nitrogen and oxygen atoms in total. The fourth-order valence-electron chi connectivity index (χ4n) is 2.37. The second-order valence-corrected chi connectivity index (χ2v) is 5.63. The molecule has 0 fully saturated rings. The second-order valence-electron chi connectivity index (χ2n) is 5.63. The molecule has 26 heavy (non-hydrogen) atoms. The van der Waals surface area contributed by atoms with Gasteiger partial charge in [0.1, 0.15) is 11.6 Å². The third-order valence-electron chi connectivity index (χ3n) is 3.70. The van der Waals surface area contributed by atoms with Crippen molar-refractivity contribution in [2.45, 2.75) is 20.4 Å². The number of benzene rings is 1. The summed E-state index contributed by atoms with van der Waals surface area (Å²) < 4.78 is 20.2. The monoisotopic (exact) mass is 359 g/mol. The Hall–Kier alpha value is -3.56. The summed E-state index contributed by atoms with van der Waals surface area (Å²) >= 11 is 0. The largest absolute Gasteiger partial charge is 0.389 e. The van der Waals surface area contributed by atoms with Crippen molar-refractivity contribution < 1.29 is 18.6 Å². The molecule has 0 aliphatic rings. The van der Waals surface area contributed by atoms with Gasteiger partial charge in [-0.15, -0.1) is 0 Å². The fraction of sp³-hybridized carbons (Fsp3) is 0.188. The highest BCUT2D eigenvalue weighted by Gasteiger charge is 2.23. The normalized spacial score (nSPS) is 10.7. The highest BCUT2D eigenvalue weighted by molar-refractivity contribution is 6.04. The van der Waals surface area contributed by atoms with Crippen molar-refractivity contribution in [2.75, 3.05) is 5.32 Å². The Morgan fingerprint density at radius 2 is 2.15 bits per heavy atom. The first kappa shape index (κ1) is 17.3. The van der Waals surface area contributed by atoms with E-state index in [1.54, 1.807) is 19.9 Å². The average molecular weight is 359 g/mol. The first-order chi connectivity index (χ1) is 12.3. The summed E-state index contributed by atoms with van der Waals surface area (Å²) in [5.74, 6) is -1.18. The van der Waals surface area contributed by atoms with Crippen molar-refractivity contribution in [1.29, 1.82) is 0 Å². The van der Waals surface area contributed by atoms with Gasteiger partial charge in [-0.2, -0.15) is 4.68 Å². The summed E-state index contributed by atoms with van der Waals surface area (Å²) in [6, 6.07) is 5.57. The molecule has 0 atom stereocenters. The van der Waals surface area contributed by atoms with E-state index in [-0.39, 0.29) is 23.7 Å². The summed E-state index contributed by atoms with van der Waals surface area (Å²) in [6.07, 6.45) is 1.41. The van der Waals surface area contributed by atoms with Gasteiger partial charge in [0, 0.05) is 0 Å². The van der Waals surface area contributed by atoms with Crippen LogP contribution in [0.5, 0.6) is 0 Å². The number of anilines is 1. The Morgan fingerprint density at radius 1 is 1.38 bits per heavy atom. The summed E-state index contributed by atoms with van der Waals surface area (Å²) in [5, 5.41) is 20.7. The number of hydrogen-bond donors (Lipinski definition) is 1. The maximum Gasteiger partial charge on any atom is 0.389 e. The van der Waals surface area contributed by atoms with Crippen molar-refractivity contribution in [2.24, 2.45) is 0 Å². The second kappa shape index (κ2) is 6.75. The van der Waals surface area contributed by atoms with Crippen LogP contribution in [-0.4, -0.2) is 25.8 Å². The molecule has 1 amide bonds. The van der Waals surface area contributed by atoms with Gasteiger partial charge in [0.15, 0.2) is 5.69 Å². The molecule has 0 radical (unpaired) electrons. The van der Waals surface area contributed by atoms with Crippen molar-refractivity contribution in [3.63, 3.8) is 0 Å². The highest BCUT2D eigenvalue weighted by atomic mass is 19.1.